The molecule has 0 aliphatic heterocycles. The maximum absolute atomic E-state index is 11.1. The van der Waals surface area contributed by atoms with E-state index in [1.54, 1.807) is 4.68 Å². The van der Waals surface area contributed by atoms with Gasteiger partial charge in [-0.1, -0.05) is 13.8 Å². The van der Waals surface area contributed by atoms with Gasteiger partial charge in [0.2, 0.25) is 0 Å². The normalized spacial score (nSPS) is 10.8. The smallest absolute Gasteiger partial charge is 0.313 e. The van der Waals surface area contributed by atoms with Crippen LogP contribution in [0.4, 0.5) is 5.69 Å². The van der Waals surface area contributed by atoms with E-state index < -0.39 is 0 Å². The van der Waals surface area contributed by atoms with Crippen LogP contribution in [0.1, 0.15) is 25.2 Å². The second kappa shape index (κ2) is 7.07. The van der Waals surface area contributed by atoms with Crippen molar-refractivity contribution in [3.05, 3.63) is 21.5 Å². The van der Waals surface area contributed by atoms with Crippen LogP contribution in [0, 0.1) is 10.1 Å². The number of aryl methyl sites for hydroxylation is 1. The molecular weight excluding hydrogens is 236 g/mol. The maximum Gasteiger partial charge on any atom is 0.313 e. The molecule has 0 aliphatic carbocycles. The summed E-state index contributed by atoms with van der Waals surface area (Å²) >= 11 is 0. The molecule has 0 saturated heterocycles. The lowest BCUT2D eigenvalue weighted by molar-refractivity contribution is -0.386. The van der Waals surface area contributed by atoms with Crippen molar-refractivity contribution < 1.29 is 9.66 Å². The lowest BCUT2D eigenvalue weighted by Gasteiger charge is -2.05. The predicted octanol–water partition coefficient (Wildman–Crippen LogP) is 0.891. The molecule has 0 aliphatic rings. The molecule has 0 saturated carbocycles. The van der Waals surface area contributed by atoms with Gasteiger partial charge in [-0.05, 0) is 12.8 Å². The van der Waals surface area contributed by atoms with Crippen LogP contribution in [-0.2, 0) is 24.1 Å². The Labute approximate surface area is 106 Å². The Morgan fingerprint density at radius 3 is 2.61 bits per heavy atom. The van der Waals surface area contributed by atoms with Crippen molar-refractivity contribution in [2.75, 3.05) is 19.8 Å². The second-order valence-electron chi connectivity index (χ2n) is 3.83. The maximum atomic E-state index is 11.1. The highest BCUT2D eigenvalue weighted by Gasteiger charge is 2.24. The number of rotatable bonds is 8. The summed E-state index contributed by atoms with van der Waals surface area (Å²) in [6.45, 7) is 5.70. The zero-order valence-electron chi connectivity index (χ0n) is 10.9. The first-order chi connectivity index (χ1) is 8.65. The molecule has 1 aromatic rings. The predicted molar refractivity (Wildman–Crippen MR) is 67.5 cm³/mol. The number of nitro groups is 1. The molecule has 1 rings (SSSR count). The van der Waals surface area contributed by atoms with Gasteiger partial charge >= 0.3 is 5.69 Å². The number of ether oxygens (including phenoxy) is 1. The first-order valence-corrected chi connectivity index (χ1v) is 6.16. The molecule has 1 heterocycles. The fraction of sp³-hybridized carbons (Fsp3) is 0.727. The first kappa shape index (κ1) is 14.6. The van der Waals surface area contributed by atoms with E-state index in [2.05, 4.69) is 5.10 Å². The largest absolute Gasteiger partial charge is 0.378 e. The Bertz CT molecular complexity index is 403. The molecule has 0 radical (unpaired) electrons. The summed E-state index contributed by atoms with van der Waals surface area (Å²) in [5.41, 5.74) is 6.67. The van der Waals surface area contributed by atoms with E-state index in [-0.39, 0.29) is 10.6 Å². The second-order valence-corrected chi connectivity index (χ2v) is 3.83. The fourth-order valence-corrected chi connectivity index (χ4v) is 1.86. The van der Waals surface area contributed by atoms with E-state index >= 15 is 0 Å². The van der Waals surface area contributed by atoms with Gasteiger partial charge < -0.3 is 10.5 Å². The summed E-state index contributed by atoms with van der Waals surface area (Å²) in [6.07, 6.45) is 1.14. The first-order valence-electron chi connectivity index (χ1n) is 6.16. The lowest BCUT2D eigenvalue weighted by Crippen LogP contribution is -2.14. The zero-order chi connectivity index (χ0) is 13.5. The van der Waals surface area contributed by atoms with Gasteiger partial charge in [-0.25, -0.2) is 0 Å². The third-order valence-corrected chi connectivity index (χ3v) is 2.66. The molecular formula is C11H20N4O3. The van der Waals surface area contributed by atoms with Gasteiger partial charge in [-0.2, -0.15) is 5.10 Å². The molecule has 0 bridgehead atoms. The molecule has 102 valence electrons. The van der Waals surface area contributed by atoms with Crippen molar-refractivity contribution in [2.45, 2.75) is 33.2 Å². The van der Waals surface area contributed by atoms with Crippen LogP contribution >= 0.6 is 0 Å². The summed E-state index contributed by atoms with van der Waals surface area (Å²) in [5.74, 6) is 0. The Morgan fingerprint density at radius 1 is 1.39 bits per heavy atom. The monoisotopic (exact) mass is 256 g/mol. The molecule has 0 unspecified atom stereocenters. The minimum absolute atomic E-state index is 0.152. The van der Waals surface area contributed by atoms with Crippen molar-refractivity contribution in [1.29, 1.82) is 0 Å². The Hall–Kier alpha value is -1.47. The summed E-state index contributed by atoms with van der Waals surface area (Å²) in [7, 11) is 0. The molecule has 1 aromatic heterocycles. The van der Waals surface area contributed by atoms with Crippen molar-refractivity contribution >= 4 is 5.69 Å². The Balaban J connectivity index is 2.87. The Kier molecular flexibility index (Phi) is 5.73. The number of aromatic nitrogens is 2. The topological polar surface area (TPSA) is 96.2 Å². The Morgan fingerprint density at radius 2 is 2.11 bits per heavy atom. The number of hydrogen-bond acceptors (Lipinski definition) is 5. The van der Waals surface area contributed by atoms with Crippen molar-refractivity contribution in [2.24, 2.45) is 5.73 Å². The average molecular weight is 256 g/mol. The zero-order valence-corrected chi connectivity index (χ0v) is 10.9. The molecule has 18 heavy (non-hydrogen) atoms. The summed E-state index contributed by atoms with van der Waals surface area (Å²) in [6, 6.07) is 0. The summed E-state index contributed by atoms with van der Waals surface area (Å²) < 4.78 is 6.95. The third kappa shape index (κ3) is 3.27. The quantitative estimate of drug-likeness (QED) is 0.423. The van der Waals surface area contributed by atoms with Crippen LogP contribution in [-0.4, -0.2) is 34.5 Å². The highest BCUT2D eigenvalue weighted by molar-refractivity contribution is 5.41. The average Bonchev–Trinajstić information content (AvgIpc) is 2.72. The van der Waals surface area contributed by atoms with Crippen LogP contribution < -0.4 is 5.73 Å². The van der Waals surface area contributed by atoms with Gasteiger partial charge in [0.15, 0.2) is 0 Å². The van der Waals surface area contributed by atoms with E-state index in [9.17, 15) is 10.1 Å². The SMILES string of the molecule is CCc1nn(CCOCCN)c(CC)c1[N+](=O)[O-]. The van der Waals surface area contributed by atoms with Crippen LogP contribution in [0.25, 0.3) is 0 Å². The lowest BCUT2D eigenvalue weighted by atomic mass is 10.2. The van der Waals surface area contributed by atoms with E-state index in [0.717, 1.165) is 0 Å². The van der Waals surface area contributed by atoms with E-state index in [1.165, 1.54) is 0 Å². The van der Waals surface area contributed by atoms with Crippen molar-refractivity contribution in [3.63, 3.8) is 0 Å². The number of hydrogen-bond donors (Lipinski definition) is 1. The molecule has 0 amide bonds. The van der Waals surface area contributed by atoms with Crippen LogP contribution in [0.2, 0.25) is 0 Å². The summed E-state index contributed by atoms with van der Waals surface area (Å²) in [4.78, 5) is 10.7. The molecule has 0 atom stereocenters. The number of nitrogens with zero attached hydrogens (tertiary/aromatic N) is 3. The van der Waals surface area contributed by atoms with Crippen LogP contribution in [0.3, 0.4) is 0 Å². The molecule has 7 heteroatoms. The van der Waals surface area contributed by atoms with Crippen LogP contribution in [0.15, 0.2) is 0 Å². The van der Waals surface area contributed by atoms with Gasteiger partial charge in [0.25, 0.3) is 0 Å². The molecule has 7 nitrogen and oxygen atoms in total. The van der Waals surface area contributed by atoms with Crippen molar-refractivity contribution in [3.8, 4) is 0 Å². The molecule has 0 aromatic carbocycles. The minimum atomic E-state index is -0.345. The van der Waals surface area contributed by atoms with Gasteiger partial charge in [-0.3, -0.25) is 14.8 Å². The highest BCUT2D eigenvalue weighted by atomic mass is 16.6. The van der Waals surface area contributed by atoms with Crippen LogP contribution in [0.5, 0.6) is 0 Å². The van der Waals surface area contributed by atoms with E-state index in [4.69, 9.17) is 10.5 Å². The fourth-order valence-electron chi connectivity index (χ4n) is 1.86. The summed E-state index contributed by atoms with van der Waals surface area (Å²) in [5, 5.41) is 15.3. The third-order valence-electron chi connectivity index (χ3n) is 2.66. The highest BCUT2D eigenvalue weighted by Crippen LogP contribution is 2.24. The molecule has 0 fully saturated rings. The number of nitrogens with two attached hydrogens (primary N) is 1. The van der Waals surface area contributed by atoms with E-state index in [1.807, 2.05) is 13.8 Å². The molecule has 0 spiro atoms. The van der Waals surface area contributed by atoms with E-state index in [0.29, 0.717) is 50.5 Å². The van der Waals surface area contributed by atoms with Crippen molar-refractivity contribution in [1.82, 2.24) is 9.78 Å². The standard InChI is InChI=1S/C11H20N4O3/c1-3-9-11(15(16)17)10(4-2)14(13-9)6-8-18-7-5-12/h3-8,12H2,1-2H3. The van der Waals surface area contributed by atoms with Gasteiger partial charge in [0.05, 0.1) is 24.7 Å². The van der Waals surface area contributed by atoms with Gasteiger partial charge in [0.1, 0.15) is 11.4 Å². The van der Waals surface area contributed by atoms with Gasteiger partial charge in [-0.15, -0.1) is 0 Å². The molecule has 2 N–H and O–H groups in total. The van der Waals surface area contributed by atoms with Gasteiger partial charge in [0, 0.05) is 6.54 Å². The minimum Gasteiger partial charge on any atom is -0.378 e.